The third-order valence-corrected chi connectivity index (χ3v) is 2.91. The minimum atomic E-state index is -0.502. The Balaban J connectivity index is 2.83. The topological polar surface area (TPSA) is 53.2 Å². The van der Waals surface area contributed by atoms with Gasteiger partial charge in [0, 0.05) is 18.4 Å². The van der Waals surface area contributed by atoms with E-state index in [4.69, 9.17) is 0 Å². The van der Waals surface area contributed by atoms with Gasteiger partial charge in [0.15, 0.2) is 0 Å². The summed E-state index contributed by atoms with van der Waals surface area (Å²) >= 11 is 3.18. The zero-order valence-electron chi connectivity index (χ0n) is 9.51. The van der Waals surface area contributed by atoms with Crippen LogP contribution in [0.4, 0.5) is 0 Å². The van der Waals surface area contributed by atoms with Gasteiger partial charge in [0.05, 0.1) is 13.7 Å². The first kappa shape index (κ1) is 13.0. The molecular weight excluding hydrogens is 276 g/mol. The lowest BCUT2D eigenvalue weighted by molar-refractivity contribution is -0.140. The number of ether oxygens (including phenoxy) is 1. The molecule has 5 nitrogen and oxygen atoms in total. The molecule has 1 heterocycles. The van der Waals surface area contributed by atoms with E-state index in [2.05, 4.69) is 20.7 Å². The van der Waals surface area contributed by atoms with Crippen LogP contribution in [0, 0.1) is 0 Å². The molecular formula is C10H15BrN2O3. The Morgan fingerprint density at radius 3 is 2.56 bits per heavy atom. The first-order valence-corrected chi connectivity index (χ1v) is 5.88. The molecule has 0 saturated heterocycles. The molecule has 0 aliphatic heterocycles. The highest BCUT2D eigenvalue weighted by Gasteiger charge is 2.17. The van der Waals surface area contributed by atoms with Crippen molar-refractivity contribution in [3.05, 3.63) is 22.9 Å². The maximum Gasteiger partial charge on any atom is 0.328 e. The van der Waals surface area contributed by atoms with Crippen LogP contribution in [0.2, 0.25) is 0 Å². The Hall–Kier alpha value is -1.04. The molecule has 0 fully saturated rings. The van der Waals surface area contributed by atoms with Gasteiger partial charge in [0.25, 0.3) is 0 Å². The van der Waals surface area contributed by atoms with Gasteiger partial charge in [-0.3, -0.25) is 13.9 Å². The summed E-state index contributed by atoms with van der Waals surface area (Å²) in [7, 11) is 1.32. The molecule has 1 unspecified atom stereocenters. The second kappa shape index (κ2) is 5.34. The molecule has 0 spiro atoms. The van der Waals surface area contributed by atoms with Crippen molar-refractivity contribution in [1.29, 1.82) is 0 Å². The monoisotopic (exact) mass is 290 g/mol. The predicted octanol–water partition coefficient (Wildman–Crippen LogP) is 1.17. The van der Waals surface area contributed by atoms with E-state index in [1.807, 2.05) is 13.8 Å². The van der Waals surface area contributed by atoms with Gasteiger partial charge in [-0.1, -0.05) is 15.9 Å². The van der Waals surface area contributed by atoms with Gasteiger partial charge in [-0.25, -0.2) is 4.79 Å². The molecule has 1 aromatic heterocycles. The van der Waals surface area contributed by atoms with Crippen LogP contribution in [0.1, 0.15) is 19.9 Å². The zero-order chi connectivity index (χ0) is 12.3. The molecule has 16 heavy (non-hydrogen) atoms. The number of methoxy groups -OCH3 is 1. The molecule has 0 radical (unpaired) electrons. The Labute approximate surface area is 102 Å². The van der Waals surface area contributed by atoms with Crippen LogP contribution in [0.25, 0.3) is 0 Å². The van der Waals surface area contributed by atoms with Crippen molar-refractivity contribution in [3.63, 3.8) is 0 Å². The lowest BCUT2D eigenvalue weighted by atomic mass is 10.4. The van der Waals surface area contributed by atoms with Gasteiger partial charge >= 0.3 is 11.7 Å². The third kappa shape index (κ3) is 2.75. The van der Waals surface area contributed by atoms with Crippen LogP contribution in [-0.4, -0.2) is 27.0 Å². The summed E-state index contributed by atoms with van der Waals surface area (Å²) in [5.41, 5.74) is -0.122. The van der Waals surface area contributed by atoms with Crippen molar-refractivity contribution >= 4 is 21.9 Å². The van der Waals surface area contributed by atoms with Crippen molar-refractivity contribution < 1.29 is 9.53 Å². The van der Waals surface area contributed by atoms with Crippen LogP contribution in [0.15, 0.2) is 17.2 Å². The second-order valence-electron chi connectivity index (χ2n) is 3.72. The number of rotatable bonds is 4. The molecule has 1 atom stereocenters. The molecule has 0 N–H and O–H groups in total. The highest BCUT2D eigenvalue weighted by Crippen LogP contribution is 2.06. The number of hydrogen-bond acceptors (Lipinski definition) is 3. The van der Waals surface area contributed by atoms with E-state index in [0.717, 1.165) is 0 Å². The van der Waals surface area contributed by atoms with Gasteiger partial charge in [0.1, 0.15) is 4.83 Å². The zero-order valence-corrected chi connectivity index (χ0v) is 11.1. The highest BCUT2D eigenvalue weighted by molar-refractivity contribution is 9.10. The molecule has 0 aliphatic carbocycles. The van der Waals surface area contributed by atoms with Crippen molar-refractivity contribution in [1.82, 2.24) is 9.13 Å². The van der Waals surface area contributed by atoms with Crippen LogP contribution < -0.4 is 5.69 Å². The Bertz CT molecular complexity index is 422. The Morgan fingerprint density at radius 1 is 1.50 bits per heavy atom. The minimum absolute atomic E-state index is 0.112. The normalized spacial score (nSPS) is 12.8. The second-order valence-corrected chi connectivity index (χ2v) is 4.83. The van der Waals surface area contributed by atoms with E-state index in [9.17, 15) is 9.59 Å². The minimum Gasteiger partial charge on any atom is -0.468 e. The first-order chi connectivity index (χ1) is 7.47. The smallest absolute Gasteiger partial charge is 0.328 e. The van der Waals surface area contributed by atoms with Crippen LogP contribution in [0.3, 0.4) is 0 Å². The molecule has 90 valence electrons. The molecule has 0 bridgehead atoms. The fourth-order valence-corrected chi connectivity index (χ4v) is 1.83. The van der Waals surface area contributed by atoms with E-state index >= 15 is 0 Å². The standard InChI is InChI=1S/C10H15BrN2O3/c1-7(2)13-5-4-12(10(13)15)6-8(11)9(14)16-3/h4-5,7-8H,6H2,1-3H3. The first-order valence-electron chi connectivity index (χ1n) is 4.96. The summed E-state index contributed by atoms with van der Waals surface area (Å²) in [5, 5.41) is 0. The summed E-state index contributed by atoms with van der Waals surface area (Å²) < 4.78 is 7.66. The Kier molecular flexibility index (Phi) is 4.35. The SMILES string of the molecule is COC(=O)C(Br)Cn1ccn(C(C)C)c1=O. The van der Waals surface area contributed by atoms with Crippen molar-refractivity contribution in [3.8, 4) is 0 Å². The molecule has 0 aliphatic rings. The maximum atomic E-state index is 11.8. The molecule has 0 amide bonds. The lowest BCUT2D eigenvalue weighted by Gasteiger charge is -2.08. The van der Waals surface area contributed by atoms with Gasteiger partial charge < -0.3 is 4.74 Å². The summed E-state index contributed by atoms with van der Waals surface area (Å²) in [6.07, 6.45) is 3.38. The quantitative estimate of drug-likeness (QED) is 0.618. The number of alkyl halides is 1. The average molecular weight is 291 g/mol. The number of imidazole rings is 1. The number of esters is 1. The highest BCUT2D eigenvalue weighted by atomic mass is 79.9. The largest absolute Gasteiger partial charge is 0.468 e. The van der Waals surface area contributed by atoms with Crippen molar-refractivity contribution in [2.45, 2.75) is 31.3 Å². The summed E-state index contributed by atoms with van der Waals surface area (Å²) in [6.45, 7) is 4.13. The van der Waals surface area contributed by atoms with E-state index in [1.165, 1.54) is 11.7 Å². The molecule has 0 aromatic carbocycles. The van der Waals surface area contributed by atoms with Crippen LogP contribution in [0.5, 0.6) is 0 Å². The van der Waals surface area contributed by atoms with Gasteiger partial charge in [-0.15, -0.1) is 0 Å². The lowest BCUT2D eigenvalue weighted by Crippen LogP contribution is -2.30. The number of halogens is 1. The fraction of sp³-hybridized carbons (Fsp3) is 0.600. The van der Waals surface area contributed by atoms with Gasteiger partial charge in [0.2, 0.25) is 0 Å². The molecule has 1 aromatic rings. The molecule has 1 rings (SSSR count). The number of hydrogen-bond donors (Lipinski definition) is 0. The van der Waals surface area contributed by atoms with Gasteiger partial charge in [-0.2, -0.15) is 0 Å². The maximum absolute atomic E-state index is 11.8. The number of carbonyl (C=O) groups excluding carboxylic acids is 1. The molecule has 6 heteroatoms. The van der Waals surface area contributed by atoms with Crippen LogP contribution >= 0.6 is 15.9 Å². The van der Waals surface area contributed by atoms with Crippen molar-refractivity contribution in [2.75, 3.05) is 7.11 Å². The van der Waals surface area contributed by atoms with Crippen molar-refractivity contribution in [2.24, 2.45) is 0 Å². The fourth-order valence-electron chi connectivity index (χ4n) is 1.34. The summed E-state index contributed by atoms with van der Waals surface area (Å²) in [5.74, 6) is -0.385. The molecule has 0 saturated carbocycles. The van der Waals surface area contributed by atoms with E-state index in [-0.39, 0.29) is 24.2 Å². The average Bonchev–Trinajstić information content (AvgIpc) is 2.59. The number of carbonyl (C=O) groups is 1. The van der Waals surface area contributed by atoms with Gasteiger partial charge in [-0.05, 0) is 13.8 Å². The van der Waals surface area contributed by atoms with E-state index < -0.39 is 4.83 Å². The van der Waals surface area contributed by atoms with Crippen LogP contribution in [-0.2, 0) is 16.1 Å². The van der Waals surface area contributed by atoms with E-state index in [1.54, 1.807) is 17.0 Å². The summed E-state index contributed by atoms with van der Waals surface area (Å²) in [6, 6.07) is 0.112. The predicted molar refractivity (Wildman–Crippen MR) is 63.8 cm³/mol. The number of aromatic nitrogens is 2. The Morgan fingerprint density at radius 2 is 2.12 bits per heavy atom. The van der Waals surface area contributed by atoms with E-state index in [0.29, 0.717) is 0 Å². The number of nitrogens with zero attached hydrogens (tertiary/aromatic N) is 2. The summed E-state index contributed by atoms with van der Waals surface area (Å²) in [4.78, 5) is 22.5. The third-order valence-electron chi connectivity index (χ3n) is 2.24.